The number of hydrogen-bond acceptors (Lipinski definition) is 3. The van der Waals surface area contributed by atoms with Crippen molar-refractivity contribution < 1.29 is 4.79 Å². The number of rotatable bonds is 9. The molecule has 0 unspecified atom stereocenters. The lowest BCUT2D eigenvalue weighted by Crippen LogP contribution is -2.47. The number of aryl methyl sites for hydroxylation is 1. The van der Waals surface area contributed by atoms with Crippen molar-refractivity contribution in [1.29, 1.82) is 0 Å². The van der Waals surface area contributed by atoms with Crippen LogP contribution in [0.4, 0.5) is 5.69 Å². The summed E-state index contributed by atoms with van der Waals surface area (Å²) in [4.78, 5) is 24.3. The minimum atomic E-state index is 0.164. The number of aromatic amines is 1. The van der Waals surface area contributed by atoms with Crippen LogP contribution in [0, 0.1) is 12.8 Å². The lowest BCUT2D eigenvalue weighted by atomic mass is 9.88. The molecule has 1 saturated heterocycles. The Balaban J connectivity index is 1.20. The molecular formula is C32H40Cl2N4O. The molecule has 2 heterocycles. The molecular weight excluding hydrogens is 527 g/mol. The van der Waals surface area contributed by atoms with Crippen molar-refractivity contribution in [2.75, 3.05) is 50.7 Å². The van der Waals surface area contributed by atoms with Gasteiger partial charge in [0.1, 0.15) is 0 Å². The van der Waals surface area contributed by atoms with E-state index < -0.39 is 0 Å². The van der Waals surface area contributed by atoms with E-state index >= 15 is 0 Å². The minimum absolute atomic E-state index is 0.164. The minimum Gasteiger partial charge on any atom is -0.368 e. The van der Waals surface area contributed by atoms with Crippen LogP contribution in [0.2, 0.25) is 10.0 Å². The van der Waals surface area contributed by atoms with Gasteiger partial charge in [-0.2, -0.15) is 0 Å². The van der Waals surface area contributed by atoms with Crippen molar-refractivity contribution in [3.63, 3.8) is 0 Å². The number of anilines is 1. The SMILES string of the molecule is Cc1[nH]c(-c2ccccc2)cc1C(=O)N(CCCN1CCN(c2cccc(Cl)c2Cl)CC1)CC1CCCCC1. The lowest BCUT2D eigenvalue weighted by molar-refractivity contribution is 0.0703. The predicted octanol–water partition coefficient (Wildman–Crippen LogP) is 7.53. The first kappa shape index (κ1) is 28.1. The molecule has 0 radical (unpaired) electrons. The van der Waals surface area contributed by atoms with Gasteiger partial charge in [0.2, 0.25) is 0 Å². The van der Waals surface area contributed by atoms with Gasteiger partial charge in [0.15, 0.2) is 0 Å². The van der Waals surface area contributed by atoms with E-state index in [4.69, 9.17) is 23.2 Å². The maximum Gasteiger partial charge on any atom is 0.255 e. The topological polar surface area (TPSA) is 42.6 Å². The molecule has 39 heavy (non-hydrogen) atoms. The van der Waals surface area contributed by atoms with Gasteiger partial charge in [0, 0.05) is 50.7 Å². The second-order valence-corrected chi connectivity index (χ2v) is 11.9. The van der Waals surface area contributed by atoms with E-state index in [2.05, 4.69) is 31.8 Å². The molecule has 1 aliphatic heterocycles. The second-order valence-electron chi connectivity index (χ2n) is 11.1. The lowest BCUT2D eigenvalue weighted by Gasteiger charge is -2.37. The fourth-order valence-corrected chi connectivity index (χ4v) is 6.53. The molecule has 1 N–H and O–H groups in total. The average molecular weight is 568 g/mol. The number of amides is 1. The Bertz CT molecular complexity index is 1230. The van der Waals surface area contributed by atoms with Crippen molar-refractivity contribution in [2.45, 2.75) is 45.4 Å². The van der Waals surface area contributed by atoms with Crippen molar-refractivity contribution in [1.82, 2.24) is 14.8 Å². The molecule has 0 atom stereocenters. The number of halogens is 2. The summed E-state index contributed by atoms with van der Waals surface area (Å²) >= 11 is 12.7. The van der Waals surface area contributed by atoms with Gasteiger partial charge in [-0.3, -0.25) is 9.69 Å². The summed E-state index contributed by atoms with van der Waals surface area (Å²) in [6.45, 7) is 8.49. The van der Waals surface area contributed by atoms with Crippen LogP contribution in [0.5, 0.6) is 0 Å². The third kappa shape index (κ3) is 7.00. The Morgan fingerprint density at radius 3 is 2.46 bits per heavy atom. The molecule has 1 saturated carbocycles. The van der Waals surface area contributed by atoms with Crippen LogP contribution in [0.3, 0.4) is 0 Å². The highest BCUT2D eigenvalue weighted by atomic mass is 35.5. The van der Waals surface area contributed by atoms with Crippen LogP contribution >= 0.6 is 23.2 Å². The van der Waals surface area contributed by atoms with Gasteiger partial charge in [0.25, 0.3) is 5.91 Å². The Kier molecular flexibility index (Phi) is 9.54. The van der Waals surface area contributed by atoms with Crippen LogP contribution in [-0.2, 0) is 0 Å². The van der Waals surface area contributed by atoms with Gasteiger partial charge in [-0.15, -0.1) is 0 Å². The zero-order valence-electron chi connectivity index (χ0n) is 23.0. The molecule has 5 rings (SSSR count). The summed E-state index contributed by atoms with van der Waals surface area (Å²) in [5, 5.41) is 1.24. The summed E-state index contributed by atoms with van der Waals surface area (Å²) in [5.74, 6) is 0.776. The van der Waals surface area contributed by atoms with E-state index in [1.807, 2.05) is 49.4 Å². The second kappa shape index (κ2) is 13.3. The van der Waals surface area contributed by atoms with Crippen LogP contribution in [-0.4, -0.2) is 66.5 Å². The highest BCUT2D eigenvalue weighted by molar-refractivity contribution is 6.43. The van der Waals surface area contributed by atoms with E-state index in [1.54, 1.807) is 0 Å². The van der Waals surface area contributed by atoms with Crippen molar-refractivity contribution in [2.24, 2.45) is 5.92 Å². The number of benzene rings is 2. The molecule has 1 aromatic heterocycles. The molecule has 3 aromatic rings. The number of nitrogens with zero attached hydrogens (tertiary/aromatic N) is 3. The van der Waals surface area contributed by atoms with Gasteiger partial charge < -0.3 is 14.8 Å². The summed E-state index contributed by atoms with van der Waals surface area (Å²) in [5.41, 5.74) is 4.88. The van der Waals surface area contributed by atoms with Crippen LogP contribution in [0.25, 0.3) is 11.3 Å². The van der Waals surface area contributed by atoms with E-state index in [1.165, 1.54) is 32.1 Å². The number of nitrogens with one attached hydrogen (secondary N) is 1. The van der Waals surface area contributed by atoms with Gasteiger partial charge in [-0.05, 0) is 62.4 Å². The molecule has 208 valence electrons. The Morgan fingerprint density at radius 1 is 0.974 bits per heavy atom. The van der Waals surface area contributed by atoms with Gasteiger partial charge in [0.05, 0.1) is 21.3 Å². The molecule has 2 fully saturated rings. The van der Waals surface area contributed by atoms with Gasteiger partial charge >= 0.3 is 0 Å². The zero-order valence-corrected chi connectivity index (χ0v) is 24.5. The summed E-state index contributed by atoms with van der Waals surface area (Å²) in [6.07, 6.45) is 7.35. The average Bonchev–Trinajstić information content (AvgIpc) is 3.36. The van der Waals surface area contributed by atoms with Crippen molar-refractivity contribution in [3.05, 3.63) is 75.9 Å². The molecule has 2 aromatic carbocycles. The third-order valence-electron chi connectivity index (χ3n) is 8.37. The molecule has 0 bridgehead atoms. The Labute approximate surface area is 243 Å². The predicted molar refractivity (Wildman–Crippen MR) is 163 cm³/mol. The van der Waals surface area contributed by atoms with Gasteiger partial charge in [-0.25, -0.2) is 0 Å². The maximum atomic E-state index is 13.9. The largest absolute Gasteiger partial charge is 0.368 e. The van der Waals surface area contributed by atoms with Crippen molar-refractivity contribution in [3.8, 4) is 11.3 Å². The number of aromatic nitrogens is 1. The van der Waals surface area contributed by atoms with Crippen LogP contribution in [0.1, 0.15) is 54.6 Å². The fourth-order valence-electron chi connectivity index (χ4n) is 6.12. The van der Waals surface area contributed by atoms with Crippen LogP contribution in [0.15, 0.2) is 54.6 Å². The standard InChI is InChI=1S/C32H40Cl2N4O/c1-24-27(22-29(35-24)26-12-6-3-7-13-26)32(39)38(23-25-10-4-2-5-11-25)17-9-16-36-18-20-37(21-19-36)30-15-8-14-28(33)31(30)34/h3,6-8,12-15,22,25,35H,2,4-5,9-11,16-21,23H2,1H3. The number of carbonyl (C=O) groups is 1. The molecule has 1 amide bonds. The first-order valence-corrected chi connectivity index (χ1v) is 15.2. The molecule has 5 nitrogen and oxygen atoms in total. The Hall–Kier alpha value is -2.47. The quantitative estimate of drug-likeness (QED) is 0.291. The summed E-state index contributed by atoms with van der Waals surface area (Å²) in [6, 6.07) is 18.1. The fraction of sp³-hybridized carbons (Fsp3) is 0.469. The van der Waals surface area contributed by atoms with E-state index in [9.17, 15) is 4.79 Å². The molecule has 1 aliphatic carbocycles. The molecule has 7 heteroatoms. The Morgan fingerprint density at radius 2 is 1.72 bits per heavy atom. The van der Waals surface area contributed by atoms with Crippen molar-refractivity contribution >= 4 is 34.8 Å². The van der Waals surface area contributed by atoms with Gasteiger partial charge in [-0.1, -0.05) is 78.9 Å². The number of carbonyl (C=O) groups excluding carboxylic acids is 1. The summed E-state index contributed by atoms with van der Waals surface area (Å²) < 4.78 is 0. The van der Waals surface area contributed by atoms with E-state index in [-0.39, 0.29) is 5.91 Å². The third-order valence-corrected chi connectivity index (χ3v) is 9.18. The van der Waals surface area contributed by atoms with E-state index in [0.717, 1.165) is 80.4 Å². The maximum absolute atomic E-state index is 13.9. The van der Waals surface area contributed by atoms with Crippen LogP contribution < -0.4 is 4.90 Å². The highest BCUT2D eigenvalue weighted by Gasteiger charge is 2.25. The molecule has 0 spiro atoms. The number of H-pyrrole nitrogens is 1. The zero-order chi connectivity index (χ0) is 27.2. The molecule has 2 aliphatic rings. The first-order chi connectivity index (χ1) is 19.0. The summed E-state index contributed by atoms with van der Waals surface area (Å²) in [7, 11) is 0. The first-order valence-electron chi connectivity index (χ1n) is 14.4. The highest BCUT2D eigenvalue weighted by Crippen LogP contribution is 2.33. The number of hydrogen-bond donors (Lipinski definition) is 1. The monoisotopic (exact) mass is 566 g/mol. The van der Waals surface area contributed by atoms with E-state index in [0.29, 0.717) is 16.0 Å². The number of piperazine rings is 1. The smallest absolute Gasteiger partial charge is 0.255 e. The normalized spacial score (nSPS) is 16.9.